The summed E-state index contributed by atoms with van der Waals surface area (Å²) in [5.74, 6) is -0.448. The largest absolute Gasteiger partial charge is 0.444 e. The van der Waals surface area contributed by atoms with Crippen LogP contribution in [0.25, 0.3) is 5.52 Å². The van der Waals surface area contributed by atoms with Gasteiger partial charge in [0.1, 0.15) is 22.9 Å². The summed E-state index contributed by atoms with van der Waals surface area (Å²) in [7, 11) is 0. The van der Waals surface area contributed by atoms with Crippen molar-refractivity contribution in [2.45, 2.75) is 45.4 Å². The number of nitrogens with zero attached hydrogens (tertiary/aromatic N) is 6. The van der Waals surface area contributed by atoms with Gasteiger partial charge in [-0.15, -0.1) is 0 Å². The topological polar surface area (TPSA) is 77.1 Å². The van der Waals surface area contributed by atoms with Crippen LogP contribution in [0.15, 0.2) is 18.3 Å². The first-order valence-electron chi connectivity index (χ1n) is 10.2. The Bertz CT molecular complexity index is 1010. The lowest BCUT2D eigenvalue weighted by Gasteiger charge is -2.51. The molecule has 2 aromatic heterocycles. The van der Waals surface area contributed by atoms with Crippen molar-refractivity contribution in [2.24, 2.45) is 0 Å². The molecule has 0 aromatic carbocycles. The second-order valence-corrected chi connectivity index (χ2v) is 9.04. The van der Waals surface area contributed by atoms with Gasteiger partial charge in [-0.3, -0.25) is 4.90 Å². The lowest BCUT2D eigenvalue weighted by atomic mass is 10.0. The van der Waals surface area contributed by atoms with Gasteiger partial charge in [0, 0.05) is 44.8 Å². The molecule has 0 radical (unpaired) electrons. The van der Waals surface area contributed by atoms with Crippen molar-refractivity contribution in [1.82, 2.24) is 19.4 Å². The first kappa shape index (κ1) is 20.4. The Labute approximate surface area is 175 Å². The molecule has 0 N–H and O–H groups in total. The Balaban J connectivity index is 1.59. The summed E-state index contributed by atoms with van der Waals surface area (Å²) in [6, 6.07) is 5.86. The van der Waals surface area contributed by atoms with Crippen LogP contribution in [0.2, 0.25) is 0 Å². The van der Waals surface area contributed by atoms with Gasteiger partial charge in [0.05, 0.1) is 11.9 Å². The fourth-order valence-corrected chi connectivity index (χ4v) is 4.44. The summed E-state index contributed by atoms with van der Waals surface area (Å²) in [5, 5.41) is 13.3. The summed E-state index contributed by atoms with van der Waals surface area (Å²) in [6.45, 7) is 11.1. The van der Waals surface area contributed by atoms with Crippen LogP contribution >= 0.6 is 0 Å². The number of amides is 1. The van der Waals surface area contributed by atoms with E-state index in [0.717, 1.165) is 19.3 Å². The van der Waals surface area contributed by atoms with E-state index in [9.17, 15) is 14.4 Å². The van der Waals surface area contributed by atoms with Crippen molar-refractivity contribution in [2.75, 3.05) is 37.6 Å². The summed E-state index contributed by atoms with van der Waals surface area (Å²) < 4.78 is 21.4. The van der Waals surface area contributed by atoms with Crippen LogP contribution in [0.5, 0.6) is 0 Å². The Morgan fingerprint density at radius 2 is 2.03 bits per heavy atom. The van der Waals surface area contributed by atoms with Gasteiger partial charge in [-0.25, -0.2) is 13.7 Å². The number of piperazine rings is 2. The number of pyridine rings is 1. The van der Waals surface area contributed by atoms with E-state index in [1.165, 1.54) is 4.52 Å². The van der Waals surface area contributed by atoms with E-state index in [1.807, 2.05) is 20.8 Å². The van der Waals surface area contributed by atoms with Gasteiger partial charge in [-0.05, 0) is 39.8 Å². The zero-order valence-electron chi connectivity index (χ0n) is 17.8. The molecule has 2 aliphatic rings. The lowest BCUT2D eigenvalue weighted by Crippen LogP contribution is -2.66. The van der Waals surface area contributed by atoms with Crippen molar-refractivity contribution in [3.63, 3.8) is 0 Å². The number of halogens is 1. The molecule has 2 aromatic rings. The molecule has 160 valence electrons. The maximum atomic E-state index is 14.5. The summed E-state index contributed by atoms with van der Waals surface area (Å²) >= 11 is 0. The third-order valence-electron chi connectivity index (χ3n) is 5.71. The smallest absolute Gasteiger partial charge is 0.410 e. The Morgan fingerprint density at radius 3 is 2.73 bits per heavy atom. The minimum absolute atomic E-state index is 0.108. The Kier molecular flexibility index (Phi) is 5.06. The second kappa shape index (κ2) is 7.43. The second-order valence-electron chi connectivity index (χ2n) is 9.04. The Hall–Kier alpha value is -2.86. The first-order valence-corrected chi connectivity index (χ1v) is 10.2. The highest BCUT2D eigenvalue weighted by Crippen LogP contribution is 2.30. The number of anilines is 1. The molecule has 1 amide bonds. The highest BCUT2D eigenvalue weighted by molar-refractivity contribution is 5.75. The predicted octanol–water partition coefficient (Wildman–Crippen LogP) is 2.47. The average Bonchev–Trinajstić information content (AvgIpc) is 3.07. The summed E-state index contributed by atoms with van der Waals surface area (Å²) in [4.78, 5) is 18.9. The average molecular weight is 414 g/mol. The molecular weight excluding hydrogens is 387 g/mol. The molecule has 30 heavy (non-hydrogen) atoms. The van der Waals surface area contributed by atoms with E-state index in [0.29, 0.717) is 30.8 Å². The normalized spacial score (nSPS) is 22.7. The van der Waals surface area contributed by atoms with E-state index in [-0.39, 0.29) is 23.9 Å². The van der Waals surface area contributed by atoms with Crippen molar-refractivity contribution in [3.8, 4) is 6.07 Å². The standard InChI is InChI=1S/C21H27FN6O2/c1-14-11-26(18-6-5-15(9-23)28-19(18)17(22)10-24-28)13-16-12-25(7-8-27(14)16)20(29)30-21(2,3)4/h5-6,10,14,16H,7-8,11-13H2,1-4H3/t14-,16+/m1/s1. The van der Waals surface area contributed by atoms with Crippen LogP contribution < -0.4 is 4.90 Å². The number of hydrogen-bond donors (Lipinski definition) is 0. The van der Waals surface area contributed by atoms with Gasteiger partial charge in [0.15, 0.2) is 5.82 Å². The maximum Gasteiger partial charge on any atom is 0.410 e. The van der Waals surface area contributed by atoms with E-state index >= 15 is 0 Å². The number of carbonyl (C=O) groups excluding carboxylic acids is 1. The summed E-state index contributed by atoms with van der Waals surface area (Å²) in [6.07, 6.45) is 0.846. The SMILES string of the molecule is C[C@@H]1CN(c2ccc(C#N)n3ncc(F)c23)C[C@@H]2CN(C(=O)OC(C)(C)C)CCN21. The van der Waals surface area contributed by atoms with Gasteiger partial charge in [-0.2, -0.15) is 10.4 Å². The quantitative estimate of drug-likeness (QED) is 0.714. The lowest BCUT2D eigenvalue weighted by molar-refractivity contribution is -0.00655. The maximum absolute atomic E-state index is 14.5. The van der Waals surface area contributed by atoms with Gasteiger partial charge in [0.25, 0.3) is 0 Å². The molecule has 2 atom stereocenters. The first-order chi connectivity index (χ1) is 14.2. The molecule has 0 spiro atoms. The molecule has 8 nitrogen and oxygen atoms in total. The monoisotopic (exact) mass is 414 g/mol. The van der Waals surface area contributed by atoms with Crippen LogP contribution in [0, 0.1) is 17.1 Å². The zero-order chi connectivity index (χ0) is 21.6. The zero-order valence-corrected chi connectivity index (χ0v) is 17.8. The van der Waals surface area contributed by atoms with Gasteiger partial charge in [-0.1, -0.05) is 0 Å². The van der Waals surface area contributed by atoms with Gasteiger partial charge < -0.3 is 14.5 Å². The van der Waals surface area contributed by atoms with E-state index in [2.05, 4.69) is 27.9 Å². The van der Waals surface area contributed by atoms with Crippen LogP contribution in [0.1, 0.15) is 33.4 Å². The van der Waals surface area contributed by atoms with Crippen molar-refractivity contribution >= 4 is 17.3 Å². The van der Waals surface area contributed by atoms with Crippen molar-refractivity contribution in [1.29, 1.82) is 5.26 Å². The molecular formula is C21H27FN6O2. The molecule has 0 bridgehead atoms. The molecule has 4 heterocycles. The third kappa shape index (κ3) is 3.67. The molecule has 2 saturated heterocycles. The van der Waals surface area contributed by atoms with Gasteiger partial charge in [0.2, 0.25) is 0 Å². The number of nitriles is 1. The van der Waals surface area contributed by atoms with Crippen molar-refractivity contribution < 1.29 is 13.9 Å². The molecule has 0 saturated carbocycles. The molecule has 0 aliphatic carbocycles. The number of carbonyl (C=O) groups is 1. The van der Waals surface area contributed by atoms with Crippen molar-refractivity contribution in [3.05, 3.63) is 29.8 Å². The minimum Gasteiger partial charge on any atom is -0.444 e. The third-order valence-corrected chi connectivity index (χ3v) is 5.71. The molecule has 9 heteroatoms. The van der Waals surface area contributed by atoms with E-state index < -0.39 is 11.4 Å². The minimum atomic E-state index is -0.534. The number of aromatic nitrogens is 2. The Morgan fingerprint density at radius 1 is 1.27 bits per heavy atom. The molecule has 2 aliphatic heterocycles. The number of rotatable bonds is 1. The number of fused-ring (bicyclic) bond motifs is 2. The highest BCUT2D eigenvalue weighted by atomic mass is 19.1. The van der Waals surface area contributed by atoms with Crippen LogP contribution in [0.4, 0.5) is 14.9 Å². The van der Waals surface area contributed by atoms with E-state index in [4.69, 9.17) is 4.74 Å². The van der Waals surface area contributed by atoms with Gasteiger partial charge >= 0.3 is 6.09 Å². The number of hydrogen-bond acceptors (Lipinski definition) is 6. The highest BCUT2D eigenvalue weighted by Gasteiger charge is 2.39. The molecule has 2 fully saturated rings. The molecule has 4 rings (SSSR count). The van der Waals surface area contributed by atoms with E-state index in [1.54, 1.807) is 17.0 Å². The van der Waals surface area contributed by atoms with Crippen LogP contribution in [-0.2, 0) is 4.74 Å². The number of ether oxygens (including phenoxy) is 1. The fraction of sp³-hybridized carbons (Fsp3) is 0.571. The van der Waals surface area contributed by atoms with Crippen LogP contribution in [-0.4, -0.2) is 75.9 Å². The summed E-state index contributed by atoms with van der Waals surface area (Å²) in [5.41, 5.74) is 0.783. The van der Waals surface area contributed by atoms with Crippen LogP contribution in [0.3, 0.4) is 0 Å². The fourth-order valence-electron chi connectivity index (χ4n) is 4.44. The molecule has 0 unspecified atom stereocenters. The predicted molar refractivity (Wildman–Crippen MR) is 110 cm³/mol.